The second-order valence-electron chi connectivity index (χ2n) is 6.25. The molecule has 1 aromatic heterocycles. The summed E-state index contributed by atoms with van der Waals surface area (Å²) in [7, 11) is 0. The van der Waals surface area contributed by atoms with E-state index in [9.17, 15) is 8.78 Å². The van der Waals surface area contributed by atoms with Crippen molar-refractivity contribution in [2.45, 2.75) is 6.92 Å². The molecule has 0 atom stereocenters. The molecule has 0 fully saturated rings. The number of nitrogens with zero attached hydrogens (tertiary/aromatic N) is 1. The molecular weight excluding hydrogens is 330 g/mol. The Bertz CT molecular complexity index is 1180. The predicted octanol–water partition coefficient (Wildman–Crippen LogP) is 5.96. The SMILES string of the molecule is Cc1cc(C#N)ccc1-c1ccc2[nH]c(-c3ccc(F)cc3F)cc2c1. The van der Waals surface area contributed by atoms with Gasteiger partial charge in [-0.1, -0.05) is 12.1 Å². The zero-order chi connectivity index (χ0) is 18.3. The number of hydrogen-bond acceptors (Lipinski definition) is 1. The Hall–Kier alpha value is -3.45. The number of aromatic amines is 1. The molecule has 4 aromatic rings. The third kappa shape index (κ3) is 2.74. The van der Waals surface area contributed by atoms with Gasteiger partial charge < -0.3 is 4.98 Å². The average Bonchev–Trinajstić information content (AvgIpc) is 3.04. The maximum absolute atomic E-state index is 14.0. The maximum Gasteiger partial charge on any atom is 0.135 e. The van der Waals surface area contributed by atoms with E-state index in [0.717, 1.165) is 33.7 Å². The molecule has 0 saturated carbocycles. The van der Waals surface area contributed by atoms with Crippen molar-refractivity contribution >= 4 is 10.9 Å². The summed E-state index contributed by atoms with van der Waals surface area (Å²) in [4.78, 5) is 3.18. The Kier molecular flexibility index (Phi) is 3.78. The van der Waals surface area contributed by atoms with Crippen LogP contribution in [0.15, 0.2) is 60.7 Å². The monoisotopic (exact) mass is 344 g/mol. The third-order valence-electron chi connectivity index (χ3n) is 4.51. The molecule has 0 saturated heterocycles. The van der Waals surface area contributed by atoms with Gasteiger partial charge in [-0.15, -0.1) is 0 Å². The highest BCUT2D eigenvalue weighted by Crippen LogP contribution is 2.31. The highest BCUT2D eigenvalue weighted by Gasteiger charge is 2.11. The molecule has 0 aliphatic carbocycles. The number of fused-ring (bicyclic) bond motifs is 1. The number of hydrogen-bond donors (Lipinski definition) is 1. The number of nitriles is 1. The van der Waals surface area contributed by atoms with Crippen molar-refractivity contribution in [3.63, 3.8) is 0 Å². The van der Waals surface area contributed by atoms with Crippen LogP contribution in [0.5, 0.6) is 0 Å². The van der Waals surface area contributed by atoms with Crippen molar-refractivity contribution in [2.75, 3.05) is 0 Å². The third-order valence-corrected chi connectivity index (χ3v) is 4.51. The quantitative estimate of drug-likeness (QED) is 0.479. The number of aromatic nitrogens is 1. The van der Waals surface area contributed by atoms with E-state index in [0.29, 0.717) is 16.8 Å². The molecule has 0 bridgehead atoms. The minimum Gasteiger partial charge on any atom is -0.354 e. The molecule has 4 heteroatoms. The Labute approximate surface area is 149 Å². The summed E-state index contributed by atoms with van der Waals surface area (Å²) in [5.41, 5.74) is 5.52. The standard InChI is InChI=1S/C22H14F2N2/c1-13-8-14(12-25)2-5-18(13)15-3-7-21-16(9-15)10-22(26-21)19-6-4-17(23)11-20(19)24/h2-11,26H,1H3. The van der Waals surface area contributed by atoms with Gasteiger partial charge in [0.2, 0.25) is 0 Å². The van der Waals surface area contributed by atoms with E-state index in [1.54, 1.807) is 6.07 Å². The van der Waals surface area contributed by atoms with Gasteiger partial charge >= 0.3 is 0 Å². The molecule has 26 heavy (non-hydrogen) atoms. The molecule has 1 N–H and O–H groups in total. The van der Waals surface area contributed by atoms with Crippen molar-refractivity contribution in [3.8, 4) is 28.5 Å². The first-order valence-electron chi connectivity index (χ1n) is 8.14. The first-order chi connectivity index (χ1) is 12.5. The van der Waals surface area contributed by atoms with E-state index in [-0.39, 0.29) is 0 Å². The van der Waals surface area contributed by atoms with Gasteiger partial charge in [-0.05, 0) is 66.1 Å². The van der Waals surface area contributed by atoms with Crippen LogP contribution in [-0.2, 0) is 0 Å². The number of nitrogens with one attached hydrogen (secondary N) is 1. The summed E-state index contributed by atoms with van der Waals surface area (Å²) < 4.78 is 27.2. The van der Waals surface area contributed by atoms with Crippen LogP contribution in [0.4, 0.5) is 8.78 Å². The number of H-pyrrole nitrogens is 1. The van der Waals surface area contributed by atoms with Crippen LogP contribution in [-0.4, -0.2) is 4.98 Å². The molecular formula is C22H14F2N2. The number of benzene rings is 3. The van der Waals surface area contributed by atoms with Gasteiger partial charge in [-0.25, -0.2) is 8.78 Å². The van der Waals surface area contributed by atoms with E-state index in [1.807, 2.05) is 43.3 Å². The minimum atomic E-state index is -0.597. The molecule has 0 aliphatic rings. The lowest BCUT2D eigenvalue weighted by Gasteiger charge is -2.06. The second kappa shape index (κ2) is 6.12. The average molecular weight is 344 g/mol. The van der Waals surface area contributed by atoms with Gasteiger partial charge in [0.1, 0.15) is 11.6 Å². The van der Waals surface area contributed by atoms with Crippen LogP contribution in [0, 0.1) is 29.9 Å². The molecule has 0 aliphatic heterocycles. The van der Waals surface area contributed by atoms with Crippen LogP contribution in [0.25, 0.3) is 33.3 Å². The highest BCUT2D eigenvalue weighted by molar-refractivity contribution is 5.90. The fourth-order valence-electron chi connectivity index (χ4n) is 3.21. The smallest absolute Gasteiger partial charge is 0.135 e. The van der Waals surface area contributed by atoms with E-state index < -0.39 is 11.6 Å². The lowest BCUT2D eigenvalue weighted by atomic mass is 9.98. The van der Waals surface area contributed by atoms with Gasteiger partial charge in [0, 0.05) is 28.2 Å². The summed E-state index contributed by atoms with van der Waals surface area (Å²) in [5, 5.41) is 9.94. The summed E-state index contributed by atoms with van der Waals surface area (Å²) >= 11 is 0. The van der Waals surface area contributed by atoms with E-state index in [4.69, 9.17) is 5.26 Å². The number of aryl methyl sites for hydroxylation is 1. The lowest BCUT2D eigenvalue weighted by molar-refractivity contribution is 0.585. The zero-order valence-corrected chi connectivity index (χ0v) is 14.0. The van der Waals surface area contributed by atoms with Crippen LogP contribution in [0.3, 0.4) is 0 Å². The molecule has 3 aromatic carbocycles. The van der Waals surface area contributed by atoms with Gasteiger partial charge in [0.25, 0.3) is 0 Å². The van der Waals surface area contributed by atoms with Crippen LogP contribution in [0.1, 0.15) is 11.1 Å². The Balaban J connectivity index is 1.80. The second-order valence-corrected chi connectivity index (χ2v) is 6.25. The largest absolute Gasteiger partial charge is 0.354 e. The first kappa shape index (κ1) is 16.0. The van der Waals surface area contributed by atoms with E-state index in [2.05, 4.69) is 11.1 Å². The molecule has 0 unspecified atom stereocenters. The van der Waals surface area contributed by atoms with Crippen molar-refractivity contribution in [3.05, 3.63) is 83.4 Å². The topological polar surface area (TPSA) is 39.6 Å². The molecule has 126 valence electrons. The van der Waals surface area contributed by atoms with Gasteiger partial charge in [-0.2, -0.15) is 5.26 Å². The van der Waals surface area contributed by atoms with Gasteiger partial charge in [-0.3, -0.25) is 0 Å². The molecule has 0 amide bonds. The molecule has 1 heterocycles. The number of halogens is 2. The number of rotatable bonds is 2. The lowest BCUT2D eigenvalue weighted by Crippen LogP contribution is -1.85. The first-order valence-corrected chi connectivity index (χ1v) is 8.14. The normalized spacial score (nSPS) is 10.8. The Morgan fingerprint density at radius 1 is 0.885 bits per heavy atom. The molecule has 4 rings (SSSR count). The summed E-state index contributed by atoms with van der Waals surface area (Å²) in [6, 6.07) is 19.1. The Morgan fingerprint density at radius 3 is 2.42 bits per heavy atom. The van der Waals surface area contributed by atoms with Crippen LogP contribution in [0.2, 0.25) is 0 Å². The van der Waals surface area contributed by atoms with Crippen molar-refractivity contribution in [1.82, 2.24) is 4.98 Å². The van der Waals surface area contributed by atoms with Gasteiger partial charge in [0.15, 0.2) is 0 Å². The molecule has 0 spiro atoms. The van der Waals surface area contributed by atoms with Gasteiger partial charge in [0.05, 0.1) is 11.6 Å². The Morgan fingerprint density at radius 2 is 1.69 bits per heavy atom. The fraction of sp³-hybridized carbons (Fsp3) is 0.0455. The highest BCUT2D eigenvalue weighted by atomic mass is 19.1. The summed E-state index contributed by atoms with van der Waals surface area (Å²) in [5.74, 6) is -1.19. The van der Waals surface area contributed by atoms with Crippen molar-refractivity contribution in [1.29, 1.82) is 5.26 Å². The van der Waals surface area contributed by atoms with E-state index in [1.165, 1.54) is 12.1 Å². The van der Waals surface area contributed by atoms with E-state index >= 15 is 0 Å². The maximum atomic E-state index is 14.0. The van der Waals surface area contributed by atoms with Crippen molar-refractivity contribution in [2.24, 2.45) is 0 Å². The summed E-state index contributed by atoms with van der Waals surface area (Å²) in [6.07, 6.45) is 0. The molecule has 2 nitrogen and oxygen atoms in total. The summed E-state index contributed by atoms with van der Waals surface area (Å²) in [6.45, 7) is 1.97. The van der Waals surface area contributed by atoms with Crippen molar-refractivity contribution < 1.29 is 8.78 Å². The minimum absolute atomic E-state index is 0.332. The van der Waals surface area contributed by atoms with Crippen LogP contribution >= 0.6 is 0 Å². The predicted molar refractivity (Wildman–Crippen MR) is 98.5 cm³/mol. The molecule has 0 radical (unpaired) electrons. The zero-order valence-electron chi connectivity index (χ0n) is 14.0. The van der Waals surface area contributed by atoms with Crippen LogP contribution < -0.4 is 0 Å². The fourth-order valence-corrected chi connectivity index (χ4v) is 3.21.